The molecule has 1 fully saturated rings. The second-order valence-corrected chi connectivity index (χ2v) is 7.22. The lowest BCUT2D eigenvalue weighted by Crippen LogP contribution is -2.33. The van der Waals surface area contributed by atoms with E-state index in [-0.39, 0.29) is 17.7 Å². The molecule has 1 saturated heterocycles. The van der Waals surface area contributed by atoms with Crippen molar-refractivity contribution >= 4 is 34.3 Å². The quantitative estimate of drug-likeness (QED) is 0.726. The number of carbonyl (C=O) groups excluding carboxylic acids is 2. The zero-order valence-electron chi connectivity index (χ0n) is 15.0. The number of hydrogen-bond acceptors (Lipinski definition) is 2. The molecule has 1 atom stereocenters. The van der Waals surface area contributed by atoms with Gasteiger partial charge in [-0.15, -0.1) is 0 Å². The number of benzene rings is 2. The van der Waals surface area contributed by atoms with E-state index in [4.69, 9.17) is 11.6 Å². The maximum atomic E-state index is 13.3. The first-order valence-corrected chi connectivity index (χ1v) is 9.34. The van der Waals surface area contributed by atoms with Crippen LogP contribution in [0.3, 0.4) is 0 Å². The van der Waals surface area contributed by atoms with E-state index in [1.807, 2.05) is 42.5 Å². The third-order valence-corrected chi connectivity index (χ3v) is 5.36. The minimum absolute atomic E-state index is 0.0167. The van der Waals surface area contributed by atoms with Gasteiger partial charge in [0.05, 0.1) is 5.92 Å². The summed E-state index contributed by atoms with van der Waals surface area (Å²) in [5, 5.41) is 4.21. The van der Waals surface area contributed by atoms with Gasteiger partial charge in [-0.05, 0) is 30.2 Å². The van der Waals surface area contributed by atoms with Crippen LogP contribution in [-0.2, 0) is 4.79 Å². The first-order chi connectivity index (χ1) is 13.1. The number of amides is 2. The normalized spacial score (nSPS) is 16.7. The third-order valence-electron chi connectivity index (χ3n) is 5.13. The molecule has 27 heavy (non-hydrogen) atoms. The molecule has 2 amide bonds. The molecule has 138 valence electrons. The topological polar surface area (TPSA) is 65.2 Å². The van der Waals surface area contributed by atoms with Gasteiger partial charge in [0.25, 0.3) is 5.91 Å². The summed E-state index contributed by atoms with van der Waals surface area (Å²) in [4.78, 5) is 30.2. The Labute approximate surface area is 162 Å². The fraction of sp³-hybridized carbons (Fsp3) is 0.238. The highest BCUT2D eigenvalue weighted by molar-refractivity contribution is 6.31. The number of rotatable bonds is 3. The number of H-pyrrole nitrogens is 1. The zero-order chi connectivity index (χ0) is 19.0. The van der Waals surface area contributed by atoms with Crippen LogP contribution < -0.4 is 5.32 Å². The molecule has 1 aliphatic heterocycles. The Kier molecular flexibility index (Phi) is 4.62. The van der Waals surface area contributed by atoms with Gasteiger partial charge in [-0.25, -0.2) is 0 Å². The number of carbonyl (C=O) groups is 2. The van der Waals surface area contributed by atoms with Gasteiger partial charge in [-0.3, -0.25) is 9.59 Å². The highest BCUT2D eigenvalue weighted by atomic mass is 35.5. The number of likely N-dealkylation sites (tertiary alicyclic amines) is 1. The van der Waals surface area contributed by atoms with Crippen molar-refractivity contribution in [2.75, 3.05) is 20.1 Å². The van der Waals surface area contributed by atoms with Crippen LogP contribution in [0.5, 0.6) is 0 Å². The van der Waals surface area contributed by atoms with Crippen LogP contribution in [0.25, 0.3) is 22.0 Å². The average Bonchev–Trinajstić information content (AvgIpc) is 3.32. The Morgan fingerprint density at radius 2 is 1.96 bits per heavy atom. The average molecular weight is 382 g/mol. The first-order valence-electron chi connectivity index (χ1n) is 8.96. The van der Waals surface area contributed by atoms with Crippen LogP contribution in [0.1, 0.15) is 16.9 Å². The van der Waals surface area contributed by atoms with Crippen LogP contribution in [0, 0.1) is 5.92 Å². The summed E-state index contributed by atoms with van der Waals surface area (Å²) in [6.07, 6.45) is 0.679. The molecule has 1 aromatic heterocycles. The minimum Gasteiger partial charge on any atom is -0.359 e. The van der Waals surface area contributed by atoms with E-state index < -0.39 is 0 Å². The summed E-state index contributed by atoms with van der Waals surface area (Å²) in [7, 11) is 1.63. The van der Waals surface area contributed by atoms with Crippen molar-refractivity contribution in [1.29, 1.82) is 0 Å². The van der Waals surface area contributed by atoms with Crippen molar-refractivity contribution in [3.63, 3.8) is 0 Å². The molecular formula is C21H20ClN3O2. The number of fused-ring (bicyclic) bond motifs is 1. The van der Waals surface area contributed by atoms with E-state index in [0.29, 0.717) is 30.2 Å². The van der Waals surface area contributed by atoms with Crippen molar-refractivity contribution in [3.8, 4) is 11.1 Å². The first kappa shape index (κ1) is 17.6. The summed E-state index contributed by atoms with van der Waals surface area (Å²) in [6.45, 7) is 1.00. The maximum absolute atomic E-state index is 13.3. The van der Waals surface area contributed by atoms with Crippen LogP contribution in [0.15, 0.2) is 48.5 Å². The van der Waals surface area contributed by atoms with Gasteiger partial charge in [0, 0.05) is 41.6 Å². The fourth-order valence-corrected chi connectivity index (χ4v) is 3.92. The third kappa shape index (κ3) is 3.19. The van der Waals surface area contributed by atoms with Crippen molar-refractivity contribution < 1.29 is 9.59 Å². The Morgan fingerprint density at radius 3 is 2.70 bits per heavy atom. The Hall–Kier alpha value is -2.79. The monoisotopic (exact) mass is 381 g/mol. The van der Waals surface area contributed by atoms with E-state index in [2.05, 4.69) is 10.3 Å². The number of aromatic amines is 1. The van der Waals surface area contributed by atoms with E-state index in [9.17, 15) is 9.59 Å². The van der Waals surface area contributed by atoms with Gasteiger partial charge >= 0.3 is 0 Å². The molecule has 1 aliphatic rings. The molecule has 0 unspecified atom stereocenters. The van der Waals surface area contributed by atoms with Crippen LogP contribution >= 0.6 is 11.6 Å². The molecule has 2 N–H and O–H groups in total. The van der Waals surface area contributed by atoms with Crippen molar-refractivity contribution in [2.24, 2.45) is 5.92 Å². The summed E-state index contributed by atoms with van der Waals surface area (Å²) < 4.78 is 0. The maximum Gasteiger partial charge on any atom is 0.270 e. The molecule has 0 bridgehead atoms. The minimum atomic E-state index is -0.155. The largest absolute Gasteiger partial charge is 0.359 e. The van der Waals surface area contributed by atoms with Crippen molar-refractivity contribution in [2.45, 2.75) is 6.42 Å². The second-order valence-electron chi connectivity index (χ2n) is 6.78. The number of hydrogen-bond donors (Lipinski definition) is 2. The van der Waals surface area contributed by atoms with Crippen LogP contribution in [0.2, 0.25) is 5.02 Å². The van der Waals surface area contributed by atoms with Gasteiger partial charge in [0.2, 0.25) is 5.91 Å². The molecule has 2 heterocycles. The number of nitrogens with one attached hydrogen (secondary N) is 2. The lowest BCUT2D eigenvalue weighted by atomic mass is 10.0. The van der Waals surface area contributed by atoms with E-state index in [0.717, 1.165) is 22.0 Å². The summed E-state index contributed by atoms with van der Waals surface area (Å²) in [5.74, 6) is -0.262. The van der Waals surface area contributed by atoms with E-state index >= 15 is 0 Å². The molecule has 0 saturated carbocycles. The molecule has 2 aromatic carbocycles. The smallest absolute Gasteiger partial charge is 0.270 e. The highest BCUT2D eigenvalue weighted by Gasteiger charge is 2.33. The SMILES string of the molecule is CNC(=O)[C@@H]1CCN(C(=O)c2[nH]c3ccc(Cl)cc3c2-c2ccccc2)C1. The molecule has 5 nitrogen and oxygen atoms in total. The van der Waals surface area contributed by atoms with Gasteiger partial charge in [0.1, 0.15) is 5.69 Å². The molecule has 0 spiro atoms. The van der Waals surface area contributed by atoms with Crippen molar-refractivity contribution in [3.05, 3.63) is 59.2 Å². The molecular weight excluding hydrogens is 362 g/mol. The van der Waals surface area contributed by atoms with Gasteiger partial charge in [-0.2, -0.15) is 0 Å². The Balaban J connectivity index is 1.78. The van der Waals surface area contributed by atoms with Crippen LogP contribution in [0.4, 0.5) is 0 Å². The molecule has 4 rings (SSSR count). The lowest BCUT2D eigenvalue weighted by Gasteiger charge is -2.16. The molecule has 6 heteroatoms. The van der Waals surface area contributed by atoms with Crippen LogP contribution in [-0.4, -0.2) is 41.8 Å². The molecule has 0 radical (unpaired) electrons. The standard InChI is InChI=1S/C21H20ClN3O2/c1-23-20(26)14-9-10-25(12-14)21(27)19-18(13-5-3-2-4-6-13)16-11-15(22)7-8-17(16)24-19/h2-8,11,14,24H,9-10,12H2,1H3,(H,23,26)/t14-/m1/s1. The van der Waals surface area contributed by atoms with E-state index in [1.54, 1.807) is 18.0 Å². The predicted molar refractivity (Wildman–Crippen MR) is 107 cm³/mol. The summed E-state index contributed by atoms with van der Waals surface area (Å²) in [5.41, 5.74) is 3.21. The Morgan fingerprint density at radius 1 is 1.19 bits per heavy atom. The Bertz CT molecular complexity index is 1010. The van der Waals surface area contributed by atoms with Crippen molar-refractivity contribution in [1.82, 2.24) is 15.2 Å². The van der Waals surface area contributed by atoms with Gasteiger partial charge in [-0.1, -0.05) is 41.9 Å². The zero-order valence-corrected chi connectivity index (χ0v) is 15.7. The predicted octanol–water partition coefficient (Wildman–Crippen LogP) is 3.70. The second kappa shape index (κ2) is 7.08. The number of halogens is 1. The van der Waals surface area contributed by atoms with Gasteiger partial charge in [0.15, 0.2) is 0 Å². The number of nitrogens with zero attached hydrogens (tertiary/aromatic N) is 1. The molecule has 0 aliphatic carbocycles. The highest BCUT2D eigenvalue weighted by Crippen LogP contribution is 2.35. The fourth-order valence-electron chi connectivity index (χ4n) is 3.75. The van der Waals surface area contributed by atoms with Gasteiger partial charge < -0.3 is 15.2 Å². The lowest BCUT2D eigenvalue weighted by molar-refractivity contribution is -0.124. The summed E-state index contributed by atoms with van der Waals surface area (Å²) >= 11 is 6.21. The summed E-state index contributed by atoms with van der Waals surface area (Å²) in [6, 6.07) is 15.4. The number of aromatic nitrogens is 1. The van der Waals surface area contributed by atoms with E-state index in [1.165, 1.54) is 0 Å². The molecule has 3 aromatic rings.